The smallest absolute Gasteiger partial charge is 0.0628 e. The molecule has 0 radical (unpaired) electrons. The molecule has 0 bridgehead atoms. The zero-order valence-electron chi connectivity index (χ0n) is 12.1. The van der Waals surface area contributed by atoms with E-state index in [0.717, 1.165) is 44.0 Å². The maximum absolute atomic E-state index is 13.0. The molecule has 5 nitrogen and oxygen atoms in total. The number of benzene rings is 1. The van der Waals surface area contributed by atoms with Gasteiger partial charge in [-0.3, -0.25) is 4.90 Å². The Labute approximate surface area is 123 Å². The molecular formula is C15H20FN5. The first-order valence-electron chi connectivity index (χ1n) is 7.55. The van der Waals surface area contributed by atoms with E-state index in [1.54, 1.807) is 0 Å². The zero-order chi connectivity index (χ0) is 14.7. The first kappa shape index (κ1) is 14.3. The number of halogens is 1. The third kappa shape index (κ3) is 3.35. The summed E-state index contributed by atoms with van der Waals surface area (Å²) in [7, 11) is 0. The van der Waals surface area contributed by atoms with Crippen molar-refractivity contribution < 1.29 is 4.48 Å². The van der Waals surface area contributed by atoms with E-state index in [0.29, 0.717) is 13.1 Å². The van der Waals surface area contributed by atoms with Gasteiger partial charge in [-0.15, -0.1) is 9.60 Å². The van der Waals surface area contributed by atoms with Gasteiger partial charge in [0.05, 0.1) is 6.04 Å². The van der Waals surface area contributed by atoms with Gasteiger partial charge in [0.2, 0.25) is 0 Å². The summed E-state index contributed by atoms with van der Waals surface area (Å²) in [6.45, 7) is 3.39. The van der Waals surface area contributed by atoms with Crippen molar-refractivity contribution in [2.45, 2.75) is 31.8 Å². The van der Waals surface area contributed by atoms with E-state index in [1.165, 1.54) is 16.7 Å². The van der Waals surface area contributed by atoms with Crippen molar-refractivity contribution in [2.75, 3.05) is 26.2 Å². The van der Waals surface area contributed by atoms with Crippen LogP contribution in [-0.2, 0) is 13.0 Å². The van der Waals surface area contributed by atoms with Crippen LogP contribution in [0.25, 0.3) is 10.4 Å². The Morgan fingerprint density at radius 2 is 2.10 bits per heavy atom. The molecule has 1 heterocycles. The van der Waals surface area contributed by atoms with Crippen molar-refractivity contribution >= 4 is 0 Å². The molecule has 1 fully saturated rings. The van der Waals surface area contributed by atoms with Gasteiger partial charge in [0.1, 0.15) is 0 Å². The minimum absolute atomic E-state index is 0.0112. The van der Waals surface area contributed by atoms with Crippen molar-refractivity contribution in [1.82, 2.24) is 10.0 Å². The summed E-state index contributed by atoms with van der Waals surface area (Å²) < 4.78 is 13.0. The summed E-state index contributed by atoms with van der Waals surface area (Å²) in [5.41, 5.74) is 12.4. The predicted molar refractivity (Wildman–Crippen MR) is 79.2 cm³/mol. The van der Waals surface area contributed by atoms with Gasteiger partial charge < -0.3 is 0 Å². The average molecular weight is 289 g/mol. The summed E-state index contributed by atoms with van der Waals surface area (Å²) in [6, 6.07) is 6.44. The van der Waals surface area contributed by atoms with Gasteiger partial charge in [0, 0.05) is 37.6 Å². The summed E-state index contributed by atoms with van der Waals surface area (Å²) in [5.74, 6) is 0. The topological polar surface area (TPSA) is 55.2 Å². The van der Waals surface area contributed by atoms with Crippen LogP contribution in [0.3, 0.4) is 0 Å². The number of piperazine rings is 1. The minimum Gasteiger partial charge on any atom is -0.296 e. The molecule has 1 aliphatic carbocycles. The predicted octanol–water partition coefficient (Wildman–Crippen LogP) is 3.38. The van der Waals surface area contributed by atoms with Crippen LogP contribution in [0.4, 0.5) is 4.48 Å². The van der Waals surface area contributed by atoms with Crippen LogP contribution in [0.1, 0.15) is 35.6 Å². The van der Waals surface area contributed by atoms with Crippen LogP contribution >= 0.6 is 0 Å². The molecular weight excluding hydrogens is 269 g/mol. The number of fused-ring (bicyclic) bond motifs is 1. The quantitative estimate of drug-likeness (QED) is 0.371. The Morgan fingerprint density at radius 1 is 1.29 bits per heavy atom. The fourth-order valence-corrected chi connectivity index (χ4v) is 3.26. The van der Waals surface area contributed by atoms with E-state index < -0.39 is 0 Å². The molecule has 2 aliphatic rings. The maximum atomic E-state index is 13.0. The highest BCUT2D eigenvalue weighted by molar-refractivity contribution is 5.36. The van der Waals surface area contributed by atoms with Crippen molar-refractivity contribution in [2.24, 2.45) is 5.11 Å². The van der Waals surface area contributed by atoms with Crippen LogP contribution in [-0.4, -0.2) is 36.2 Å². The Bertz CT molecular complexity index is 547. The summed E-state index contributed by atoms with van der Waals surface area (Å²) in [5, 5.41) is 4.78. The first-order valence-corrected chi connectivity index (χ1v) is 7.55. The maximum Gasteiger partial charge on any atom is 0.0628 e. The molecule has 1 unspecified atom stereocenters. The van der Waals surface area contributed by atoms with Gasteiger partial charge in [0.15, 0.2) is 0 Å². The Balaban J connectivity index is 1.72. The monoisotopic (exact) mass is 289 g/mol. The SMILES string of the molecule is [N-]=[N+]=NC1CCCc2cc(CN3CCN(F)CC3)ccc21. The molecule has 0 amide bonds. The lowest BCUT2D eigenvalue weighted by molar-refractivity contribution is -0.0235. The van der Waals surface area contributed by atoms with Crippen molar-refractivity contribution in [3.63, 3.8) is 0 Å². The standard InChI is InChI=1S/C15H20FN5/c16-21-8-6-20(7-9-21)11-12-4-5-14-13(10-12)2-1-3-15(14)18-19-17/h4-5,10,15H,1-3,6-9,11H2. The van der Waals surface area contributed by atoms with Crippen LogP contribution in [0.5, 0.6) is 0 Å². The molecule has 1 aromatic rings. The Hall–Kier alpha value is -1.62. The van der Waals surface area contributed by atoms with Crippen molar-refractivity contribution in [3.05, 3.63) is 45.3 Å². The molecule has 1 aliphatic heterocycles. The van der Waals surface area contributed by atoms with Crippen LogP contribution in [0.2, 0.25) is 0 Å². The van der Waals surface area contributed by atoms with Crippen molar-refractivity contribution in [3.8, 4) is 0 Å². The molecule has 1 saturated heterocycles. The molecule has 0 saturated carbocycles. The second kappa shape index (κ2) is 6.43. The largest absolute Gasteiger partial charge is 0.296 e. The lowest BCUT2D eigenvalue weighted by Crippen LogP contribution is -2.42. The third-order valence-electron chi connectivity index (χ3n) is 4.40. The Kier molecular flexibility index (Phi) is 4.39. The van der Waals surface area contributed by atoms with E-state index >= 15 is 0 Å². The molecule has 0 aromatic heterocycles. The molecule has 6 heteroatoms. The van der Waals surface area contributed by atoms with Crippen molar-refractivity contribution in [1.29, 1.82) is 0 Å². The van der Waals surface area contributed by atoms with E-state index in [2.05, 4.69) is 33.1 Å². The lowest BCUT2D eigenvalue weighted by atomic mass is 9.87. The normalized spacial score (nSPS) is 23.4. The molecule has 3 rings (SSSR count). The number of rotatable bonds is 3. The lowest BCUT2D eigenvalue weighted by Gasteiger charge is -2.30. The number of azide groups is 1. The Morgan fingerprint density at radius 3 is 2.86 bits per heavy atom. The molecule has 112 valence electrons. The average Bonchev–Trinajstić information content (AvgIpc) is 2.50. The second-order valence-electron chi connectivity index (χ2n) is 5.83. The van der Waals surface area contributed by atoms with E-state index in [9.17, 15) is 4.48 Å². The highest BCUT2D eigenvalue weighted by Gasteiger charge is 2.20. The van der Waals surface area contributed by atoms with Gasteiger partial charge in [-0.1, -0.05) is 23.3 Å². The zero-order valence-corrected chi connectivity index (χ0v) is 12.1. The molecule has 0 N–H and O–H groups in total. The minimum atomic E-state index is -0.0112. The van der Waals surface area contributed by atoms with Crippen LogP contribution in [0.15, 0.2) is 23.3 Å². The second-order valence-corrected chi connectivity index (χ2v) is 5.83. The van der Waals surface area contributed by atoms with Gasteiger partial charge >= 0.3 is 0 Å². The fraction of sp³-hybridized carbons (Fsp3) is 0.600. The van der Waals surface area contributed by atoms with Gasteiger partial charge in [-0.05, 0) is 41.5 Å². The number of aryl methyl sites for hydroxylation is 1. The molecule has 0 spiro atoms. The van der Waals surface area contributed by atoms with E-state index in [-0.39, 0.29) is 6.04 Å². The van der Waals surface area contributed by atoms with Gasteiger partial charge in [-0.2, -0.15) is 0 Å². The molecule has 1 atom stereocenters. The third-order valence-corrected chi connectivity index (χ3v) is 4.40. The van der Waals surface area contributed by atoms with E-state index in [1.807, 2.05) is 0 Å². The van der Waals surface area contributed by atoms with Gasteiger partial charge in [0.25, 0.3) is 0 Å². The summed E-state index contributed by atoms with van der Waals surface area (Å²) >= 11 is 0. The number of hydrogen-bond donors (Lipinski definition) is 0. The fourth-order valence-electron chi connectivity index (χ4n) is 3.26. The number of nitrogens with zero attached hydrogens (tertiary/aromatic N) is 5. The summed E-state index contributed by atoms with van der Waals surface area (Å²) in [4.78, 5) is 5.24. The number of hydrogen-bond acceptors (Lipinski definition) is 3. The van der Waals surface area contributed by atoms with Crippen LogP contribution in [0, 0.1) is 0 Å². The van der Waals surface area contributed by atoms with Gasteiger partial charge in [-0.25, -0.2) is 0 Å². The highest BCUT2D eigenvalue weighted by atomic mass is 19.2. The molecule has 21 heavy (non-hydrogen) atoms. The first-order chi connectivity index (χ1) is 10.3. The highest BCUT2D eigenvalue weighted by Crippen LogP contribution is 2.33. The van der Waals surface area contributed by atoms with Crippen LogP contribution < -0.4 is 0 Å². The summed E-state index contributed by atoms with van der Waals surface area (Å²) in [6.07, 6.45) is 3.06. The molecule has 1 aromatic carbocycles. The van der Waals surface area contributed by atoms with E-state index in [4.69, 9.17) is 5.53 Å².